The van der Waals surface area contributed by atoms with Crippen LogP contribution in [-0.4, -0.2) is 29.2 Å². The van der Waals surface area contributed by atoms with Crippen LogP contribution < -0.4 is 4.90 Å². The van der Waals surface area contributed by atoms with E-state index in [1.165, 1.54) is 0 Å². The summed E-state index contributed by atoms with van der Waals surface area (Å²) in [6.07, 6.45) is 4.00. The summed E-state index contributed by atoms with van der Waals surface area (Å²) in [7, 11) is 0. The second-order valence-corrected chi connectivity index (χ2v) is 6.28. The highest BCUT2D eigenvalue weighted by atomic mass is 35.5. The summed E-state index contributed by atoms with van der Waals surface area (Å²) in [5, 5.41) is 0.401. The zero-order valence-electron chi connectivity index (χ0n) is 13.2. The van der Waals surface area contributed by atoms with Gasteiger partial charge < -0.3 is 14.1 Å². The van der Waals surface area contributed by atoms with Crippen molar-refractivity contribution in [1.29, 1.82) is 0 Å². The third-order valence-corrected chi connectivity index (χ3v) is 4.44. The van der Waals surface area contributed by atoms with Crippen LogP contribution in [0, 0.1) is 0 Å². The summed E-state index contributed by atoms with van der Waals surface area (Å²) in [6.45, 7) is 2.11. The summed E-state index contributed by atoms with van der Waals surface area (Å²) in [6, 6.07) is 11.6. The van der Waals surface area contributed by atoms with Crippen molar-refractivity contribution in [1.82, 2.24) is 9.97 Å². The fourth-order valence-electron chi connectivity index (χ4n) is 3.02. The molecule has 1 aromatic carbocycles. The van der Waals surface area contributed by atoms with Crippen molar-refractivity contribution in [3.63, 3.8) is 0 Å². The number of hydrogen-bond acceptors (Lipinski definition) is 5. The third kappa shape index (κ3) is 3.23. The third-order valence-electron chi connectivity index (χ3n) is 4.19. The first-order valence-electron chi connectivity index (χ1n) is 8.11. The lowest BCUT2D eigenvalue weighted by atomic mass is 10.2. The van der Waals surface area contributed by atoms with Gasteiger partial charge in [0.05, 0.1) is 29.9 Å². The normalized spacial score (nSPS) is 17.5. The van der Waals surface area contributed by atoms with Gasteiger partial charge >= 0.3 is 0 Å². The van der Waals surface area contributed by atoms with Crippen molar-refractivity contribution in [2.24, 2.45) is 0 Å². The number of fused-ring (bicyclic) bond motifs is 1. The lowest BCUT2D eigenvalue weighted by Crippen LogP contribution is -2.32. The minimum atomic E-state index is 0.185. The molecule has 6 heteroatoms. The van der Waals surface area contributed by atoms with E-state index in [4.69, 9.17) is 25.7 Å². The van der Waals surface area contributed by atoms with Gasteiger partial charge in [-0.2, -0.15) is 0 Å². The molecule has 1 aliphatic rings. The first kappa shape index (κ1) is 15.4. The van der Waals surface area contributed by atoms with Gasteiger partial charge in [-0.25, -0.2) is 9.97 Å². The number of furan rings is 1. The largest absolute Gasteiger partial charge is 0.467 e. The van der Waals surface area contributed by atoms with E-state index < -0.39 is 0 Å². The minimum absolute atomic E-state index is 0.185. The van der Waals surface area contributed by atoms with Crippen LogP contribution >= 0.6 is 11.6 Å². The molecule has 0 bridgehead atoms. The molecular weight excluding hydrogens is 326 g/mol. The van der Waals surface area contributed by atoms with Gasteiger partial charge in [0.15, 0.2) is 11.0 Å². The van der Waals surface area contributed by atoms with E-state index in [1.807, 2.05) is 36.4 Å². The van der Waals surface area contributed by atoms with Gasteiger partial charge in [0.1, 0.15) is 5.76 Å². The molecule has 3 aromatic rings. The topological polar surface area (TPSA) is 51.4 Å². The highest BCUT2D eigenvalue weighted by molar-refractivity contribution is 6.32. The molecule has 0 saturated carbocycles. The number of halogens is 1. The van der Waals surface area contributed by atoms with Crippen LogP contribution in [0.5, 0.6) is 0 Å². The number of benzene rings is 1. The average Bonchev–Trinajstić information content (AvgIpc) is 3.27. The van der Waals surface area contributed by atoms with Gasteiger partial charge in [-0.3, -0.25) is 0 Å². The Bertz CT molecular complexity index is 816. The smallest absolute Gasteiger partial charge is 0.172 e. The van der Waals surface area contributed by atoms with Crippen LogP contribution in [0.3, 0.4) is 0 Å². The Morgan fingerprint density at radius 1 is 1.12 bits per heavy atom. The van der Waals surface area contributed by atoms with E-state index in [0.717, 1.165) is 36.2 Å². The first-order chi connectivity index (χ1) is 11.8. The molecule has 2 aromatic heterocycles. The Labute approximate surface area is 145 Å². The monoisotopic (exact) mass is 343 g/mol. The summed E-state index contributed by atoms with van der Waals surface area (Å²) in [4.78, 5) is 11.3. The van der Waals surface area contributed by atoms with E-state index in [9.17, 15) is 0 Å². The SMILES string of the molecule is Clc1nc2ccccc2nc1N(Cc1ccco1)CC1CCCO1. The molecule has 3 heterocycles. The maximum absolute atomic E-state index is 6.44. The summed E-state index contributed by atoms with van der Waals surface area (Å²) < 4.78 is 11.3. The number of aromatic nitrogens is 2. The van der Waals surface area contributed by atoms with Gasteiger partial charge in [0.2, 0.25) is 0 Å². The summed E-state index contributed by atoms with van der Waals surface area (Å²) in [5.74, 6) is 1.53. The Kier molecular flexibility index (Phi) is 4.36. The highest BCUT2D eigenvalue weighted by Crippen LogP contribution is 2.27. The molecule has 24 heavy (non-hydrogen) atoms. The molecule has 0 spiro atoms. The predicted octanol–water partition coefficient (Wildman–Crippen LogP) is 4.06. The molecule has 1 atom stereocenters. The van der Waals surface area contributed by atoms with Crippen LogP contribution in [0.25, 0.3) is 11.0 Å². The maximum atomic E-state index is 6.44. The number of hydrogen-bond donors (Lipinski definition) is 0. The quantitative estimate of drug-likeness (QED) is 0.699. The van der Waals surface area contributed by atoms with E-state index in [1.54, 1.807) is 6.26 Å². The first-order valence-corrected chi connectivity index (χ1v) is 8.48. The predicted molar refractivity (Wildman–Crippen MR) is 93.3 cm³/mol. The van der Waals surface area contributed by atoms with Gasteiger partial charge in [-0.05, 0) is 37.1 Å². The maximum Gasteiger partial charge on any atom is 0.172 e. The molecular formula is C18H18ClN3O2. The molecule has 124 valence electrons. The molecule has 0 N–H and O–H groups in total. The van der Waals surface area contributed by atoms with E-state index >= 15 is 0 Å². The van der Waals surface area contributed by atoms with Gasteiger partial charge in [-0.1, -0.05) is 23.7 Å². The van der Waals surface area contributed by atoms with Crippen LogP contribution in [0.4, 0.5) is 5.82 Å². The second kappa shape index (κ2) is 6.79. The van der Waals surface area contributed by atoms with Crippen LogP contribution in [0.15, 0.2) is 47.1 Å². The fourth-order valence-corrected chi connectivity index (χ4v) is 3.27. The molecule has 0 radical (unpaired) electrons. The number of nitrogens with zero attached hydrogens (tertiary/aromatic N) is 3. The minimum Gasteiger partial charge on any atom is -0.467 e. The van der Waals surface area contributed by atoms with E-state index in [2.05, 4.69) is 9.88 Å². The Morgan fingerprint density at radius 3 is 2.67 bits per heavy atom. The Balaban J connectivity index is 1.69. The molecule has 4 rings (SSSR count). The zero-order chi connectivity index (χ0) is 16.4. The lowest BCUT2D eigenvalue weighted by Gasteiger charge is -2.26. The average molecular weight is 344 g/mol. The number of para-hydroxylation sites is 2. The summed E-state index contributed by atoms with van der Waals surface area (Å²) in [5.41, 5.74) is 1.62. The molecule has 1 fully saturated rings. The number of rotatable bonds is 5. The zero-order valence-corrected chi connectivity index (χ0v) is 13.9. The van der Waals surface area contributed by atoms with Crippen LogP contribution in [-0.2, 0) is 11.3 Å². The van der Waals surface area contributed by atoms with Crippen molar-refractivity contribution in [3.05, 3.63) is 53.6 Å². The molecule has 1 unspecified atom stereocenters. The lowest BCUT2D eigenvalue weighted by molar-refractivity contribution is 0.115. The van der Waals surface area contributed by atoms with Crippen molar-refractivity contribution in [2.45, 2.75) is 25.5 Å². The van der Waals surface area contributed by atoms with Crippen molar-refractivity contribution >= 4 is 28.5 Å². The Morgan fingerprint density at radius 2 is 1.96 bits per heavy atom. The van der Waals surface area contributed by atoms with Gasteiger partial charge in [0, 0.05) is 13.2 Å². The van der Waals surface area contributed by atoms with E-state index in [-0.39, 0.29) is 6.10 Å². The standard InChI is InChI=1S/C18H18ClN3O2/c19-17-18(21-16-8-2-1-7-15(16)20-17)22(11-13-5-3-9-23-13)12-14-6-4-10-24-14/h1-3,5,7-9,14H,4,6,10-12H2. The molecule has 0 aliphatic carbocycles. The van der Waals surface area contributed by atoms with Crippen molar-refractivity contribution in [3.8, 4) is 0 Å². The molecule has 5 nitrogen and oxygen atoms in total. The Hall–Kier alpha value is -2.11. The number of ether oxygens (including phenoxy) is 1. The molecule has 1 saturated heterocycles. The fraction of sp³-hybridized carbons (Fsp3) is 0.333. The van der Waals surface area contributed by atoms with Gasteiger partial charge in [-0.15, -0.1) is 0 Å². The second-order valence-electron chi connectivity index (χ2n) is 5.92. The van der Waals surface area contributed by atoms with Crippen LogP contribution in [0.2, 0.25) is 5.15 Å². The van der Waals surface area contributed by atoms with Gasteiger partial charge in [0.25, 0.3) is 0 Å². The molecule has 0 amide bonds. The van der Waals surface area contributed by atoms with Crippen molar-refractivity contribution in [2.75, 3.05) is 18.1 Å². The summed E-state index contributed by atoms with van der Waals surface area (Å²) >= 11 is 6.44. The molecule has 1 aliphatic heterocycles. The van der Waals surface area contributed by atoms with Crippen molar-refractivity contribution < 1.29 is 9.15 Å². The van der Waals surface area contributed by atoms with E-state index in [0.29, 0.717) is 24.1 Å². The highest BCUT2D eigenvalue weighted by Gasteiger charge is 2.23. The number of anilines is 1. The van der Waals surface area contributed by atoms with Crippen LogP contribution in [0.1, 0.15) is 18.6 Å².